The van der Waals surface area contributed by atoms with Crippen LogP contribution in [0.1, 0.15) is 29.4 Å². The highest BCUT2D eigenvalue weighted by atomic mass is 79.9. The number of anilines is 2. The van der Waals surface area contributed by atoms with Crippen molar-refractivity contribution in [3.8, 4) is 0 Å². The Morgan fingerprint density at radius 3 is 2.71 bits per heavy atom. The number of hydrogen-bond acceptors (Lipinski definition) is 4. The number of carbonyl (C=O) groups is 1. The van der Waals surface area contributed by atoms with Crippen LogP contribution < -0.4 is 10.6 Å². The Bertz CT molecular complexity index is 628. The second kappa shape index (κ2) is 7.17. The molecule has 0 spiro atoms. The van der Waals surface area contributed by atoms with Gasteiger partial charge in [-0.2, -0.15) is 0 Å². The number of halogens is 1. The minimum absolute atomic E-state index is 0.282. The van der Waals surface area contributed by atoms with E-state index in [0.29, 0.717) is 11.5 Å². The molecule has 0 aliphatic rings. The summed E-state index contributed by atoms with van der Waals surface area (Å²) in [6, 6.07) is 5.73. The molecule has 5 nitrogen and oxygen atoms in total. The summed E-state index contributed by atoms with van der Waals surface area (Å²) < 4.78 is 0.838. The molecule has 0 aliphatic heterocycles. The van der Waals surface area contributed by atoms with Crippen molar-refractivity contribution in [3.05, 3.63) is 46.3 Å². The molecule has 2 aromatic rings. The molecule has 1 heterocycles. The predicted molar refractivity (Wildman–Crippen MR) is 87.6 cm³/mol. The highest BCUT2D eigenvalue weighted by Crippen LogP contribution is 2.23. The molecule has 110 valence electrons. The fraction of sp³-hybridized carbons (Fsp3) is 0.267. The van der Waals surface area contributed by atoms with Gasteiger partial charge in [-0.15, -0.1) is 0 Å². The number of hydrogen-bond donors (Lipinski definition) is 2. The highest BCUT2D eigenvalue weighted by Gasteiger charge is 2.10. The van der Waals surface area contributed by atoms with Crippen LogP contribution in [0.3, 0.4) is 0 Å². The quantitative estimate of drug-likeness (QED) is 0.865. The van der Waals surface area contributed by atoms with Crippen molar-refractivity contribution in [1.29, 1.82) is 0 Å². The van der Waals surface area contributed by atoms with E-state index in [1.54, 1.807) is 6.20 Å². The molecule has 6 heteroatoms. The van der Waals surface area contributed by atoms with Crippen molar-refractivity contribution >= 4 is 33.3 Å². The number of nitrogens with one attached hydrogen (secondary N) is 2. The summed E-state index contributed by atoms with van der Waals surface area (Å²) in [6.07, 6.45) is 4.04. The van der Waals surface area contributed by atoms with E-state index in [1.807, 2.05) is 25.1 Å². The molecule has 0 bridgehead atoms. The van der Waals surface area contributed by atoms with Gasteiger partial charge in [-0.3, -0.25) is 4.79 Å². The summed E-state index contributed by atoms with van der Waals surface area (Å²) in [7, 11) is 0. The molecule has 1 aromatic carbocycles. The number of nitrogens with zero attached hydrogens (tertiary/aromatic N) is 2. The van der Waals surface area contributed by atoms with Gasteiger partial charge in [0.05, 0.1) is 18.1 Å². The maximum atomic E-state index is 12.1. The molecule has 0 saturated carbocycles. The molecule has 0 radical (unpaired) electrons. The smallest absolute Gasteiger partial charge is 0.275 e. The number of amides is 1. The summed E-state index contributed by atoms with van der Waals surface area (Å²) in [5, 5.41) is 5.92. The van der Waals surface area contributed by atoms with E-state index >= 15 is 0 Å². The zero-order chi connectivity index (χ0) is 15.2. The first-order valence-corrected chi connectivity index (χ1v) is 7.53. The Morgan fingerprint density at radius 1 is 1.29 bits per heavy atom. The van der Waals surface area contributed by atoms with Gasteiger partial charge in [0.1, 0.15) is 11.5 Å². The third-order valence-corrected chi connectivity index (χ3v) is 3.47. The molecule has 0 aliphatic carbocycles. The second-order valence-corrected chi connectivity index (χ2v) is 5.51. The van der Waals surface area contributed by atoms with Crippen molar-refractivity contribution in [1.82, 2.24) is 9.97 Å². The van der Waals surface area contributed by atoms with Crippen LogP contribution in [0.4, 0.5) is 11.5 Å². The number of rotatable bonds is 5. The first kappa shape index (κ1) is 15.4. The predicted octanol–water partition coefficient (Wildman–Crippen LogP) is 3.62. The van der Waals surface area contributed by atoms with Gasteiger partial charge in [0.25, 0.3) is 5.91 Å². The SMILES string of the molecule is CCCNc1cnc(C(=O)Nc2ccc(C)cc2Br)cn1. The van der Waals surface area contributed by atoms with E-state index < -0.39 is 0 Å². The minimum Gasteiger partial charge on any atom is -0.369 e. The summed E-state index contributed by atoms with van der Waals surface area (Å²) in [5.74, 6) is 0.388. The van der Waals surface area contributed by atoms with Gasteiger partial charge in [0, 0.05) is 11.0 Å². The normalized spacial score (nSPS) is 10.2. The van der Waals surface area contributed by atoms with Crippen LogP contribution in [0.5, 0.6) is 0 Å². The molecule has 1 aromatic heterocycles. The average molecular weight is 349 g/mol. The Labute approximate surface area is 132 Å². The summed E-state index contributed by atoms with van der Waals surface area (Å²) >= 11 is 3.43. The zero-order valence-corrected chi connectivity index (χ0v) is 13.6. The Kier molecular flexibility index (Phi) is 5.27. The van der Waals surface area contributed by atoms with Crippen LogP contribution in [-0.2, 0) is 0 Å². The van der Waals surface area contributed by atoms with Gasteiger partial charge < -0.3 is 10.6 Å². The van der Waals surface area contributed by atoms with Crippen LogP contribution in [-0.4, -0.2) is 22.4 Å². The molecule has 0 atom stereocenters. The van der Waals surface area contributed by atoms with Crippen LogP contribution in [0.25, 0.3) is 0 Å². The lowest BCUT2D eigenvalue weighted by Crippen LogP contribution is -2.15. The maximum Gasteiger partial charge on any atom is 0.275 e. The van der Waals surface area contributed by atoms with E-state index in [4.69, 9.17) is 0 Å². The number of aromatic nitrogens is 2. The molecule has 21 heavy (non-hydrogen) atoms. The van der Waals surface area contributed by atoms with E-state index in [0.717, 1.165) is 23.0 Å². The fourth-order valence-corrected chi connectivity index (χ4v) is 2.29. The van der Waals surface area contributed by atoms with Crippen molar-refractivity contribution < 1.29 is 4.79 Å². The van der Waals surface area contributed by atoms with Gasteiger partial charge >= 0.3 is 0 Å². The number of aryl methyl sites for hydroxylation is 1. The van der Waals surface area contributed by atoms with Crippen LogP contribution >= 0.6 is 15.9 Å². The third-order valence-electron chi connectivity index (χ3n) is 2.81. The van der Waals surface area contributed by atoms with Crippen molar-refractivity contribution in [2.45, 2.75) is 20.3 Å². The summed E-state index contributed by atoms with van der Waals surface area (Å²) in [4.78, 5) is 20.4. The minimum atomic E-state index is -0.283. The second-order valence-electron chi connectivity index (χ2n) is 4.65. The molecular weight excluding hydrogens is 332 g/mol. The molecule has 2 rings (SSSR count). The molecule has 0 fully saturated rings. The van der Waals surface area contributed by atoms with Gasteiger partial charge in [0.15, 0.2) is 0 Å². The Morgan fingerprint density at radius 2 is 2.10 bits per heavy atom. The standard InChI is InChI=1S/C15H17BrN4O/c1-3-6-17-14-9-18-13(8-19-14)15(21)20-12-5-4-10(2)7-11(12)16/h4-5,7-9H,3,6H2,1-2H3,(H,17,19)(H,20,21). The lowest BCUT2D eigenvalue weighted by atomic mass is 10.2. The van der Waals surface area contributed by atoms with E-state index in [1.165, 1.54) is 6.20 Å². The van der Waals surface area contributed by atoms with E-state index in [9.17, 15) is 4.79 Å². The average Bonchev–Trinajstić information content (AvgIpc) is 2.48. The number of carbonyl (C=O) groups excluding carboxylic acids is 1. The van der Waals surface area contributed by atoms with Gasteiger partial charge in [-0.1, -0.05) is 13.0 Å². The van der Waals surface area contributed by atoms with Crippen LogP contribution in [0, 0.1) is 6.92 Å². The van der Waals surface area contributed by atoms with Crippen LogP contribution in [0.2, 0.25) is 0 Å². The van der Waals surface area contributed by atoms with Crippen LogP contribution in [0.15, 0.2) is 35.1 Å². The lowest BCUT2D eigenvalue weighted by molar-refractivity contribution is 0.102. The molecule has 0 unspecified atom stereocenters. The first-order chi connectivity index (χ1) is 10.1. The monoisotopic (exact) mass is 348 g/mol. The molecular formula is C15H17BrN4O. The van der Waals surface area contributed by atoms with E-state index in [2.05, 4.69) is 43.5 Å². The van der Waals surface area contributed by atoms with Gasteiger partial charge in [-0.25, -0.2) is 9.97 Å². The largest absolute Gasteiger partial charge is 0.369 e. The maximum absolute atomic E-state index is 12.1. The third kappa shape index (κ3) is 4.26. The van der Waals surface area contributed by atoms with Gasteiger partial charge in [-0.05, 0) is 47.0 Å². The summed E-state index contributed by atoms with van der Waals surface area (Å²) in [5.41, 5.74) is 2.11. The van der Waals surface area contributed by atoms with E-state index in [-0.39, 0.29) is 11.6 Å². The highest BCUT2D eigenvalue weighted by molar-refractivity contribution is 9.10. The lowest BCUT2D eigenvalue weighted by Gasteiger charge is -2.08. The summed E-state index contributed by atoms with van der Waals surface area (Å²) in [6.45, 7) is 4.89. The van der Waals surface area contributed by atoms with Crippen molar-refractivity contribution in [3.63, 3.8) is 0 Å². The van der Waals surface area contributed by atoms with Crippen molar-refractivity contribution in [2.24, 2.45) is 0 Å². The zero-order valence-electron chi connectivity index (χ0n) is 12.0. The fourth-order valence-electron chi connectivity index (χ4n) is 1.70. The van der Waals surface area contributed by atoms with Gasteiger partial charge in [0.2, 0.25) is 0 Å². The molecule has 1 amide bonds. The Hall–Kier alpha value is -1.95. The first-order valence-electron chi connectivity index (χ1n) is 6.73. The topological polar surface area (TPSA) is 66.9 Å². The van der Waals surface area contributed by atoms with Crippen molar-refractivity contribution in [2.75, 3.05) is 17.2 Å². The Balaban J connectivity index is 2.06. The number of benzene rings is 1. The molecule has 2 N–H and O–H groups in total. The molecule has 0 saturated heterocycles.